The monoisotopic (exact) mass is 415 g/mol. The van der Waals surface area contributed by atoms with E-state index in [2.05, 4.69) is 16.0 Å². The second-order valence-corrected chi connectivity index (χ2v) is 7.60. The Morgan fingerprint density at radius 3 is 2.10 bits per heavy atom. The van der Waals surface area contributed by atoms with Gasteiger partial charge in [-0.05, 0) is 37.6 Å². The molecule has 0 aromatic heterocycles. The highest BCUT2D eigenvalue weighted by Crippen LogP contribution is 2.09. The van der Waals surface area contributed by atoms with Crippen molar-refractivity contribution in [3.63, 3.8) is 0 Å². The van der Waals surface area contributed by atoms with E-state index in [1.165, 1.54) is 0 Å². The van der Waals surface area contributed by atoms with Crippen molar-refractivity contribution in [3.05, 3.63) is 0 Å². The summed E-state index contributed by atoms with van der Waals surface area (Å²) in [6.07, 6.45) is 2.11. The fraction of sp³-hybridized carbons (Fsp3) is 0.789. The van der Waals surface area contributed by atoms with Gasteiger partial charge >= 0.3 is 5.97 Å². The van der Waals surface area contributed by atoms with Crippen LogP contribution < -0.4 is 27.4 Å². The smallest absolute Gasteiger partial charge is 0.326 e. The Labute approximate surface area is 172 Å². The van der Waals surface area contributed by atoms with E-state index < -0.39 is 48.4 Å². The molecule has 0 aromatic rings. The van der Waals surface area contributed by atoms with E-state index in [-0.39, 0.29) is 18.3 Å². The van der Waals surface area contributed by atoms with Gasteiger partial charge in [0, 0.05) is 0 Å². The number of nitrogens with one attached hydrogen (secondary N) is 3. The molecule has 10 nitrogen and oxygen atoms in total. The molecule has 0 aromatic carbocycles. The molecule has 10 heteroatoms. The molecule has 0 bridgehead atoms. The second kappa shape index (κ2) is 13.9. The Bertz CT molecular complexity index is 555. The highest BCUT2D eigenvalue weighted by Gasteiger charge is 2.29. The molecule has 4 atom stereocenters. The minimum absolute atomic E-state index is 0.0892. The van der Waals surface area contributed by atoms with Gasteiger partial charge in [0.05, 0.1) is 12.6 Å². The maximum absolute atomic E-state index is 12.5. The van der Waals surface area contributed by atoms with Gasteiger partial charge in [-0.3, -0.25) is 14.4 Å². The van der Waals surface area contributed by atoms with Crippen LogP contribution in [0.3, 0.4) is 0 Å². The van der Waals surface area contributed by atoms with E-state index in [1.54, 1.807) is 13.8 Å². The van der Waals surface area contributed by atoms with Crippen LogP contribution in [0, 0.1) is 11.8 Å². The average Bonchev–Trinajstić information content (AvgIpc) is 2.67. The lowest BCUT2D eigenvalue weighted by Gasteiger charge is -2.26. The van der Waals surface area contributed by atoms with Crippen molar-refractivity contribution in [2.45, 2.75) is 71.5 Å². The minimum Gasteiger partial charge on any atom is -0.480 e. The summed E-state index contributed by atoms with van der Waals surface area (Å²) in [4.78, 5) is 48.1. The summed E-state index contributed by atoms with van der Waals surface area (Å²) in [6.45, 7) is 7.35. The molecule has 0 aliphatic rings. The van der Waals surface area contributed by atoms with Crippen LogP contribution in [0.2, 0.25) is 0 Å². The third-order valence-corrected chi connectivity index (χ3v) is 4.82. The lowest BCUT2D eigenvalue weighted by molar-refractivity contribution is -0.142. The fourth-order valence-electron chi connectivity index (χ4n) is 2.53. The van der Waals surface area contributed by atoms with Gasteiger partial charge in [0.25, 0.3) is 0 Å². The zero-order valence-electron chi connectivity index (χ0n) is 17.9. The predicted molar refractivity (Wildman–Crippen MR) is 110 cm³/mol. The Balaban J connectivity index is 4.81. The van der Waals surface area contributed by atoms with E-state index >= 15 is 0 Å². The van der Waals surface area contributed by atoms with Crippen LogP contribution >= 0.6 is 0 Å². The van der Waals surface area contributed by atoms with E-state index in [1.807, 2.05) is 13.8 Å². The number of carbonyl (C=O) groups excluding carboxylic acids is 3. The molecule has 0 saturated carbocycles. The van der Waals surface area contributed by atoms with Crippen molar-refractivity contribution in [1.29, 1.82) is 0 Å². The molecular weight excluding hydrogens is 378 g/mol. The Morgan fingerprint density at radius 2 is 1.62 bits per heavy atom. The zero-order chi connectivity index (χ0) is 22.6. The number of carbonyl (C=O) groups is 4. The van der Waals surface area contributed by atoms with E-state index in [4.69, 9.17) is 11.5 Å². The second-order valence-electron chi connectivity index (χ2n) is 7.60. The summed E-state index contributed by atoms with van der Waals surface area (Å²) in [5, 5.41) is 16.7. The maximum atomic E-state index is 12.5. The summed E-state index contributed by atoms with van der Waals surface area (Å²) in [5.74, 6) is -2.98. The van der Waals surface area contributed by atoms with Gasteiger partial charge in [0.1, 0.15) is 12.1 Å². The summed E-state index contributed by atoms with van der Waals surface area (Å²) in [6, 6.07) is -2.63. The van der Waals surface area contributed by atoms with Gasteiger partial charge in [-0.25, -0.2) is 4.79 Å². The molecule has 8 N–H and O–H groups in total. The van der Waals surface area contributed by atoms with Gasteiger partial charge in [-0.2, -0.15) is 0 Å². The molecule has 4 unspecified atom stereocenters. The molecule has 29 heavy (non-hydrogen) atoms. The summed E-state index contributed by atoms with van der Waals surface area (Å²) in [7, 11) is 0. The van der Waals surface area contributed by atoms with Crippen molar-refractivity contribution in [3.8, 4) is 0 Å². The molecule has 0 aliphatic heterocycles. The maximum Gasteiger partial charge on any atom is 0.326 e. The van der Waals surface area contributed by atoms with Crippen molar-refractivity contribution >= 4 is 23.7 Å². The number of rotatable bonds is 14. The number of hydrogen-bond donors (Lipinski definition) is 6. The molecule has 0 fully saturated rings. The van der Waals surface area contributed by atoms with Gasteiger partial charge in [-0.15, -0.1) is 0 Å². The molecule has 168 valence electrons. The van der Waals surface area contributed by atoms with Crippen LogP contribution in [-0.4, -0.2) is 60.0 Å². The molecular formula is C19H37N5O5. The third-order valence-electron chi connectivity index (χ3n) is 4.82. The van der Waals surface area contributed by atoms with E-state index in [0.717, 1.165) is 0 Å². The molecule has 0 saturated heterocycles. The molecule has 0 spiro atoms. The van der Waals surface area contributed by atoms with Crippen molar-refractivity contribution in [1.82, 2.24) is 16.0 Å². The van der Waals surface area contributed by atoms with Gasteiger partial charge in [0.15, 0.2) is 0 Å². The Kier molecular flexibility index (Phi) is 12.8. The predicted octanol–water partition coefficient (Wildman–Crippen LogP) is -0.685. The molecule has 0 heterocycles. The van der Waals surface area contributed by atoms with Gasteiger partial charge in [-0.1, -0.05) is 34.1 Å². The molecule has 0 radical (unpaired) electrons. The number of unbranched alkanes of at least 4 members (excludes halogenated alkanes) is 1. The number of hydrogen-bond acceptors (Lipinski definition) is 6. The number of aliphatic carboxylic acids is 1. The van der Waals surface area contributed by atoms with Crippen LogP contribution in [0.25, 0.3) is 0 Å². The van der Waals surface area contributed by atoms with Crippen molar-refractivity contribution in [2.75, 3.05) is 13.1 Å². The van der Waals surface area contributed by atoms with Crippen LogP contribution in [0.5, 0.6) is 0 Å². The quantitative estimate of drug-likeness (QED) is 0.203. The highest BCUT2D eigenvalue weighted by molar-refractivity contribution is 5.92. The Morgan fingerprint density at radius 1 is 1.00 bits per heavy atom. The molecule has 0 rings (SSSR count). The highest BCUT2D eigenvalue weighted by atomic mass is 16.4. The van der Waals surface area contributed by atoms with Crippen LogP contribution in [0.15, 0.2) is 0 Å². The lowest BCUT2D eigenvalue weighted by atomic mass is 9.96. The Hall–Kier alpha value is -2.20. The zero-order valence-corrected chi connectivity index (χ0v) is 17.9. The van der Waals surface area contributed by atoms with Crippen molar-refractivity contribution < 1.29 is 24.3 Å². The number of carboxylic acid groups (broad SMARTS) is 1. The first kappa shape index (κ1) is 26.8. The largest absolute Gasteiger partial charge is 0.480 e. The van der Waals surface area contributed by atoms with Crippen molar-refractivity contribution in [2.24, 2.45) is 23.3 Å². The first-order valence-corrected chi connectivity index (χ1v) is 10.1. The lowest BCUT2D eigenvalue weighted by Crippen LogP contribution is -2.56. The first-order valence-electron chi connectivity index (χ1n) is 10.1. The summed E-state index contributed by atoms with van der Waals surface area (Å²) >= 11 is 0. The van der Waals surface area contributed by atoms with Gasteiger partial charge < -0.3 is 32.5 Å². The van der Waals surface area contributed by atoms with E-state index in [9.17, 15) is 24.3 Å². The first-order chi connectivity index (χ1) is 13.5. The normalized spacial score (nSPS) is 15.1. The summed E-state index contributed by atoms with van der Waals surface area (Å²) < 4.78 is 0. The molecule has 3 amide bonds. The number of nitrogens with two attached hydrogens (primary N) is 2. The van der Waals surface area contributed by atoms with Crippen LogP contribution in [-0.2, 0) is 19.2 Å². The third kappa shape index (κ3) is 10.2. The van der Waals surface area contributed by atoms with Crippen LogP contribution in [0.1, 0.15) is 53.4 Å². The number of carboxylic acids is 1. The molecule has 0 aliphatic carbocycles. The topological polar surface area (TPSA) is 177 Å². The average molecular weight is 416 g/mol. The summed E-state index contributed by atoms with van der Waals surface area (Å²) in [5.41, 5.74) is 11.2. The standard InChI is InChI=1S/C19H37N5O5/c1-5-12(4)16(24-17(26)15(21)11(2)3)18(27)22-10-14(25)23-13(19(28)29)8-6-7-9-20/h11-13,15-16H,5-10,20-21H2,1-4H3,(H,22,27)(H,23,25)(H,24,26)(H,28,29). The number of amides is 3. The minimum atomic E-state index is -1.14. The SMILES string of the molecule is CCC(C)C(NC(=O)C(N)C(C)C)C(=O)NCC(=O)NC(CCCCN)C(=O)O. The van der Waals surface area contributed by atoms with E-state index in [0.29, 0.717) is 25.8 Å². The van der Waals surface area contributed by atoms with Crippen LogP contribution in [0.4, 0.5) is 0 Å². The fourth-order valence-corrected chi connectivity index (χ4v) is 2.53. The van der Waals surface area contributed by atoms with Gasteiger partial charge in [0.2, 0.25) is 17.7 Å².